The Balaban J connectivity index is 1.41. The lowest BCUT2D eigenvalue weighted by molar-refractivity contribution is -0.135. The van der Waals surface area contributed by atoms with Crippen LogP contribution in [0.2, 0.25) is 5.02 Å². The summed E-state index contributed by atoms with van der Waals surface area (Å²) in [5, 5.41) is 23.6. The Bertz CT molecular complexity index is 1540. The van der Waals surface area contributed by atoms with Crippen molar-refractivity contribution in [3.8, 4) is 5.69 Å². The van der Waals surface area contributed by atoms with E-state index in [0.717, 1.165) is 11.1 Å². The maximum atomic E-state index is 13.5. The Morgan fingerprint density at radius 2 is 1.79 bits per heavy atom. The Labute approximate surface area is 222 Å². The number of aromatic carboxylic acids is 1. The largest absolute Gasteiger partial charge is 0.478 e. The molecule has 5 rings (SSSR count). The quantitative estimate of drug-likeness (QED) is 0.365. The van der Waals surface area contributed by atoms with Crippen molar-refractivity contribution in [2.45, 2.75) is 19.0 Å². The molecule has 0 aliphatic carbocycles. The molecule has 0 radical (unpaired) electrons. The summed E-state index contributed by atoms with van der Waals surface area (Å²) in [6.07, 6.45) is 4.79. The first kappa shape index (κ1) is 24.8. The van der Waals surface area contributed by atoms with Crippen LogP contribution in [0.15, 0.2) is 79.1 Å². The standard InChI is InChI=1S/C27H21ClN6O4/c28-21-8-11-23(34-16-29-31-32-34)19(13-21)7-12-25(35)33-15-20-4-2-1-3-18(20)14-24(33)26(36)30-22-9-5-17(6-10-22)27(37)38/h1-13,16,24H,14-15H2,(H,30,36)(H,37,38). The van der Waals surface area contributed by atoms with Crippen LogP contribution in [0.4, 0.5) is 5.69 Å². The van der Waals surface area contributed by atoms with Crippen LogP contribution < -0.4 is 5.32 Å². The minimum atomic E-state index is -1.06. The zero-order valence-corrected chi connectivity index (χ0v) is 20.6. The van der Waals surface area contributed by atoms with Gasteiger partial charge >= 0.3 is 5.97 Å². The number of carboxylic acids is 1. The molecule has 0 saturated heterocycles. The molecule has 2 N–H and O–H groups in total. The zero-order chi connectivity index (χ0) is 26.6. The van der Waals surface area contributed by atoms with Gasteiger partial charge in [0, 0.05) is 35.3 Å². The molecule has 4 aromatic rings. The summed E-state index contributed by atoms with van der Waals surface area (Å²) in [4.78, 5) is 39.5. The van der Waals surface area contributed by atoms with Crippen LogP contribution in [0.5, 0.6) is 0 Å². The maximum Gasteiger partial charge on any atom is 0.335 e. The van der Waals surface area contributed by atoms with Crippen LogP contribution in [-0.4, -0.2) is 54.0 Å². The molecule has 0 saturated carbocycles. The summed E-state index contributed by atoms with van der Waals surface area (Å²) < 4.78 is 1.46. The van der Waals surface area contributed by atoms with Crippen molar-refractivity contribution in [2.75, 3.05) is 5.32 Å². The summed E-state index contributed by atoms with van der Waals surface area (Å²) in [5.41, 5.74) is 3.74. The Hall–Kier alpha value is -4.83. The van der Waals surface area contributed by atoms with Gasteiger partial charge in [-0.2, -0.15) is 4.68 Å². The number of carboxylic acid groups (broad SMARTS) is 1. The van der Waals surface area contributed by atoms with E-state index < -0.39 is 12.0 Å². The van der Waals surface area contributed by atoms with Gasteiger partial charge in [0.25, 0.3) is 0 Å². The van der Waals surface area contributed by atoms with Gasteiger partial charge < -0.3 is 15.3 Å². The van der Waals surface area contributed by atoms with E-state index >= 15 is 0 Å². The van der Waals surface area contributed by atoms with Crippen molar-refractivity contribution in [3.05, 3.63) is 106 Å². The molecule has 3 aromatic carbocycles. The van der Waals surface area contributed by atoms with Gasteiger partial charge in [0.05, 0.1) is 11.3 Å². The van der Waals surface area contributed by atoms with Crippen molar-refractivity contribution in [3.63, 3.8) is 0 Å². The lowest BCUT2D eigenvalue weighted by Gasteiger charge is -2.35. The molecule has 1 aromatic heterocycles. The predicted molar refractivity (Wildman–Crippen MR) is 140 cm³/mol. The molecule has 1 aliphatic rings. The van der Waals surface area contributed by atoms with Crippen molar-refractivity contribution in [1.82, 2.24) is 25.1 Å². The topological polar surface area (TPSA) is 130 Å². The first-order valence-electron chi connectivity index (χ1n) is 11.6. The number of carbonyl (C=O) groups excluding carboxylic acids is 2. The minimum absolute atomic E-state index is 0.110. The van der Waals surface area contributed by atoms with E-state index in [1.165, 1.54) is 46.3 Å². The SMILES string of the molecule is O=C(O)c1ccc(NC(=O)C2Cc3ccccc3CN2C(=O)C=Cc2cc(Cl)ccc2-n2cnnn2)cc1. The maximum absolute atomic E-state index is 13.5. The summed E-state index contributed by atoms with van der Waals surface area (Å²) in [5.74, 6) is -1.79. The molecule has 1 unspecified atom stereocenters. The van der Waals surface area contributed by atoms with Crippen LogP contribution in [0.1, 0.15) is 27.0 Å². The fraction of sp³-hybridized carbons (Fsp3) is 0.111. The number of carbonyl (C=O) groups is 3. The van der Waals surface area contributed by atoms with Gasteiger partial charge in [-0.25, -0.2) is 4.79 Å². The second-order valence-corrected chi connectivity index (χ2v) is 9.05. The number of hydrogen-bond acceptors (Lipinski definition) is 6. The summed E-state index contributed by atoms with van der Waals surface area (Å²) in [7, 11) is 0. The molecule has 10 nitrogen and oxygen atoms in total. The van der Waals surface area contributed by atoms with Gasteiger partial charge in [0.1, 0.15) is 12.4 Å². The third kappa shape index (κ3) is 5.30. The van der Waals surface area contributed by atoms with Gasteiger partial charge in [-0.1, -0.05) is 35.9 Å². The molecule has 0 spiro atoms. The fourth-order valence-corrected chi connectivity index (χ4v) is 4.49. The van der Waals surface area contributed by atoms with E-state index in [4.69, 9.17) is 16.7 Å². The second-order valence-electron chi connectivity index (χ2n) is 8.62. The lowest BCUT2D eigenvalue weighted by atomic mass is 9.93. The number of aromatic nitrogens is 4. The number of hydrogen-bond donors (Lipinski definition) is 2. The third-order valence-electron chi connectivity index (χ3n) is 6.22. The van der Waals surface area contributed by atoms with E-state index in [-0.39, 0.29) is 23.9 Å². The van der Waals surface area contributed by atoms with Crippen LogP contribution in [0.25, 0.3) is 11.8 Å². The molecule has 1 atom stereocenters. The van der Waals surface area contributed by atoms with Crippen LogP contribution in [0, 0.1) is 0 Å². The van der Waals surface area contributed by atoms with Gasteiger partial charge in [-0.3, -0.25) is 9.59 Å². The molecular weight excluding hydrogens is 508 g/mol. The number of tetrazole rings is 1. The highest BCUT2D eigenvalue weighted by molar-refractivity contribution is 6.30. The van der Waals surface area contributed by atoms with Crippen molar-refractivity contribution < 1.29 is 19.5 Å². The Morgan fingerprint density at radius 1 is 1.03 bits per heavy atom. The predicted octanol–water partition coefficient (Wildman–Crippen LogP) is 3.62. The van der Waals surface area contributed by atoms with Crippen molar-refractivity contribution in [2.24, 2.45) is 0 Å². The van der Waals surface area contributed by atoms with E-state index in [9.17, 15) is 14.4 Å². The average Bonchev–Trinajstić information content (AvgIpc) is 3.46. The number of nitrogens with zero attached hydrogens (tertiary/aromatic N) is 5. The molecule has 0 bridgehead atoms. The molecule has 190 valence electrons. The average molecular weight is 529 g/mol. The molecule has 11 heteroatoms. The molecule has 0 fully saturated rings. The smallest absolute Gasteiger partial charge is 0.335 e. The minimum Gasteiger partial charge on any atom is -0.478 e. The normalized spacial score (nSPS) is 14.8. The highest BCUT2D eigenvalue weighted by atomic mass is 35.5. The van der Waals surface area contributed by atoms with Gasteiger partial charge in [0.2, 0.25) is 11.8 Å². The second kappa shape index (κ2) is 10.7. The van der Waals surface area contributed by atoms with Crippen molar-refractivity contribution in [1.29, 1.82) is 0 Å². The summed E-state index contributed by atoms with van der Waals surface area (Å²) in [6.45, 7) is 0.255. The molecule has 38 heavy (non-hydrogen) atoms. The number of nitrogens with one attached hydrogen (secondary N) is 1. The van der Waals surface area contributed by atoms with Crippen LogP contribution in [0.3, 0.4) is 0 Å². The molecule has 1 aliphatic heterocycles. The molecular formula is C27H21ClN6O4. The van der Waals surface area contributed by atoms with Gasteiger partial charge in [-0.15, -0.1) is 5.10 Å². The van der Waals surface area contributed by atoms with E-state index in [1.807, 2.05) is 24.3 Å². The van der Waals surface area contributed by atoms with E-state index in [0.29, 0.717) is 28.4 Å². The number of anilines is 1. The number of rotatable bonds is 6. The van der Waals surface area contributed by atoms with E-state index in [2.05, 4.69) is 20.8 Å². The summed E-state index contributed by atoms with van der Waals surface area (Å²) in [6, 6.07) is 17.9. The Morgan fingerprint density at radius 3 is 2.50 bits per heavy atom. The zero-order valence-electron chi connectivity index (χ0n) is 19.9. The first-order valence-corrected chi connectivity index (χ1v) is 12.0. The Kier molecular flexibility index (Phi) is 6.96. The van der Waals surface area contributed by atoms with Crippen LogP contribution in [-0.2, 0) is 22.6 Å². The highest BCUT2D eigenvalue weighted by Gasteiger charge is 2.33. The number of halogens is 1. The monoisotopic (exact) mass is 528 g/mol. The highest BCUT2D eigenvalue weighted by Crippen LogP contribution is 2.26. The summed E-state index contributed by atoms with van der Waals surface area (Å²) >= 11 is 6.19. The van der Waals surface area contributed by atoms with E-state index in [1.54, 1.807) is 24.3 Å². The number of fused-ring (bicyclic) bond motifs is 1. The van der Waals surface area contributed by atoms with Gasteiger partial charge in [0.15, 0.2) is 0 Å². The fourth-order valence-electron chi connectivity index (χ4n) is 4.31. The van der Waals surface area contributed by atoms with Crippen molar-refractivity contribution >= 4 is 41.1 Å². The lowest BCUT2D eigenvalue weighted by Crippen LogP contribution is -2.50. The number of benzene rings is 3. The molecule has 2 heterocycles. The molecule has 2 amide bonds. The van der Waals surface area contributed by atoms with Crippen LogP contribution >= 0.6 is 11.6 Å². The number of amides is 2. The third-order valence-corrected chi connectivity index (χ3v) is 6.46. The first-order chi connectivity index (χ1) is 18.4. The van der Waals surface area contributed by atoms with Gasteiger partial charge in [-0.05, 0) is 70.1 Å².